The topological polar surface area (TPSA) is 98.1 Å². The van der Waals surface area contributed by atoms with E-state index in [4.69, 9.17) is 0 Å². The lowest BCUT2D eigenvalue weighted by molar-refractivity contribution is -0.393. The minimum absolute atomic E-state index is 0.00639. The van der Waals surface area contributed by atoms with E-state index in [0.717, 1.165) is 6.20 Å². The fourth-order valence-electron chi connectivity index (χ4n) is 0.790. The largest absolute Gasteiger partial charge is 0.465 e. The lowest BCUT2D eigenvalue weighted by atomic mass is 10.2. The Labute approximate surface area is 78.6 Å². The third kappa shape index (κ3) is 1.76. The van der Waals surface area contributed by atoms with Gasteiger partial charge in [-0.15, -0.1) is 0 Å². The van der Waals surface area contributed by atoms with Crippen molar-refractivity contribution in [1.29, 1.82) is 0 Å². The molecule has 0 aromatic carbocycles. The van der Waals surface area contributed by atoms with E-state index in [1.54, 1.807) is 0 Å². The van der Waals surface area contributed by atoms with Gasteiger partial charge in [0.1, 0.15) is 11.9 Å². The number of nitrogens with zero attached hydrogens (tertiary/aromatic N) is 2. The van der Waals surface area contributed by atoms with Crippen molar-refractivity contribution in [2.75, 3.05) is 7.11 Å². The molecule has 0 saturated carbocycles. The highest BCUT2D eigenvalue weighted by molar-refractivity contribution is 6.14. The molecule has 1 aromatic heterocycles. The Balaban J connectivity index is 2.92. The molecule has 0 unspecified atom stereocenters. The quantitative estimate of drug-likeness (QED) is 0.329. The van der Waals surface area contributed by atoms with Crippen molar-refractivity contribution < 1.29 is 14.5 Å². The van der Waals surface area contributed by atoms with E-state index in [9.17, 15) is 14.9 Å². The Morgan fingerprint density at radius 3 is 2.86 bits per heavy atom. The predicted octanol–water partition coefficient (Wildman–Crippen LogP) is 0.504. The van der Waals surface area contributed by atoms with Crippen molar-refractivity contribution in [3.63, 3.8) is 0 Å². The zero-order valence-corrected chi connectivity index (χ0v) is 7.31. The molecule has 0 aliphatic heterocycles. The van der Waals surface area contributed by atoms with Crippen molar-refractivity contribution in [3.05, 3.63) is 28.6 Å². The van der Waals surface area contributed by atoms with Gasteiger partial charge in [-0.05, 0) is 4.92 Å². The summed E-state index contributed by atoms with van der Waals surface area (Å²) in [5.74, 6) is -1.10. The summed E-state index contributed by atoms with van der Waals surface area (Å²) in [5.41, 5.74) is 0.164. The number of ether oxygens (including phenoxy) is 1. The van der Waals surface area contributed by atoms with Crippen LogP contribution in [0.15, 0.2) is 12.8 Å². The van der Waals surface area contributed by atoms with E-state index >= 15 is 0 Å². The van der Waals surface area contributed by atoms with Crippen LogP contribution in [0.1, 0.15) is 5.69 Å². The lowest BCUT2D eigenvalue weighted by Crippen LogP contribution is -2.02. The maximum Gasteiger partial charge on any atom is 0.432 e. The second-order valence-corrected chi connectivity index (χ2v) is 2.35. The van der Waals surface area contributed by atoms with Crippen molar-refractivity contribution in [1.82, 2.24) is 9.97 Å². The van der Waals surface area contributed by atoms with Gasteiger partial charge in [-0.1, -0.05) is 11.6 Å². The van der Waals surface area contributed by atoms with Gasteiger partial charge in [0, 0.05) is 0 Å². The number of H-pyrrole nitrogens is 1. The number of rotatable bonds is 3. The number of nitrogens with one attached hydrogen (secondary N) is 1. The molecule has 0 atom stereocenters. The summed E-state index contributed by atoms with van der Waals surface area (Å²) in [7, 11) is 1.19. The molecule has 0 saturated heterocycles. The van der Waals surface area contributed by atoms with Crippen LogP contribution in [0, 0.1) is 10.1 Å². The minimum Gasteiger partial charge on any atom is -0.465 e. The molecular formula is C7H7N3O4. The van der Waals surface area contributed by atoms with E-state index in [2.05, 4.69) is 21.3 Å². The first-order valence-electron chi connectivity index (χ1n) is 3.53. The fraction of sp³-hybridized carbons (Fsp3) is 0.143. The van der Waals surface area contributed by atoms with Crippen LogP contribution in [0.3, 0.4) is 0 Å². The number of carbonyl (C=O) groups excluding carboxylic acids is 1. The Bertz CT molecular complexity index is 395. The summed E-state index contributed by atoms with van der Waals surface area (Å²) < 4.78 is 4.38. The first-order valence-corrected chi connectivity index (χ1v) is 3.53. The zero-order chi connectivity index (χ0) is 10.7. The van der Waals surface area contributed by atoms with Crippen molar-refractivity contribution in [2.45, 2.75) is 0 Å². The van der Waals surface area contributed by atoms with Gasteiger partial charge < -0.3 is 14.9 Å². The summed E-state index contributed by atoms with van der Waals surface area (Å²) in [6.07, 6.45) is 1.15. The second kappa shape index (κ2) is 3.69. The second-order valence-electron chi connectivity index (χ2n) is 2.35. The highest BCUT2D eigenvalue weighted by Crippen LogP contribution is 2.13. The van der Waals surface area contributed by atoms with Crippen LogP contribution < -0.4 is 0 Å². The van der Waals surface area contributed by atoms with Gasteiger partial charge in [-0.2, -0.15) is 0 Å². The number of carbonyl (C=O) groups is 1. The molecule has 0 radical (unpaired) electrons. The van der Waals surface area contributed by atoms with Gasteiger partial charge in [-0.3, -0.25) is 0 Å². The monoisotopic (exact) mass is 197 g/mol. The normalized spacial score (nSPS) is 9.50. The number of aromatic amines is 1. The Kier molecular flexibility index (Phi) is 2.61. The zero-order valence-electron chi connectivity index (χ0n) is 7.31. The predicted molar refractivity (Wildman–Crippen MR) is 46.3 cm³/mol. The van der Waals surface area contributed by atoms with Crippen molar-refractivity contribution >= 4 is 17.5 Å². The third-order valence-corrected chi connectivity index (χ3v) is 1.49. The first-order chi connectivity index (χ1) is 6.56. The van der Waals surface area contributed by atoms with Crippen LogP contribution in [0.25, 0.3) is 5.57 Å². The van der Waals surface area contributed by atoms with E-state index in [0.29, 0.717) is 0 Å². The van der Waals surface area contributed by atoms with E-state index in [1.165, 1.54) is 7.11 Å². The molecule has 7 nitrogen and oxygen atoms in total. The lowest BCUT2D eigenvalue weighted by Gasteiger charge is -1.96. The van der Waals surface area contributed by atoms with Crippen LogP contribution in [0.5, 0.6) is 0 Å². The standard InChI is InChI=1S/C7H7N3O4/c1-4(6(11)14-2)5-3-8-7(9-5)10(12)13/h3H,1H2,2H3,(H,8,9). The highest BCUT2D eigenvalue weighted by atomic mass is 16.6. The fourth-order valence-corrected chi connectivity index (χ4v) is 0.790. The molecule has 0 aliphatic carbocycles. The van der Waals surface area contributed by atoms with E-state index in [1.807, 2.05) is 0 Å². The summed E-state index contributed by atoms with van der Waals surface area (Å²) in [5, 5.41) is 10.2. The molecule has 0 amide bonds. The van der Waals surface area contributed by atoms with Crippen molar-refractivity contribution in [3.8, 4) is 0 Å². The van der Waals surface area contributed by atoms with Gasteiger partial charge >= 0.3 is 11.9 Å². The summed E-state index contributed by atoms with van der Waals surface area (Å²) in [6, 6.07) is 0. The molecule has 0 bridgehead atoms. The molecule has 1 heterocycles. The maximum absolute atomic E-state index is 11.0. The molecule has 1 aromatic rings. The molecule has 0 spiro atoms. The smallest absolute Gasteiger partial charge is 0.432 e. The van der Waals surface area contributed by atoms with E-state index in [-0.39, 0.29) is 11.3 Å². The van der Waals surface area contributed by atoms with Crippen molar-refractivity contribution in [2.24, 2.45) is 0 Å². The van der Waals surface area contributed by atoms with Gasteiger partial charge in [-0.25, -0.2) is 9.78 Å². The van der Waals surface area contributed by atoms with E-state index < -0.39 is 16.8 Å². The number of imidazole rings is 1. The molecule has 1 N–H and O–H groups in total. The highest BCUT2D eigenvalue weighted by Gasteiger charge is 2.18. The van der Waals surface area contributed by atoms with Gasteiger partial charge in [0.05, 0.1) is 12.7 Å². The minimum atomic E-state index is -0.700. The SMILES string of the molecule is C=C(C(=O)OC)c1cnc([N+](=O)[O-])[nH]1. The molecular weight excluding hydrogens is 190 g/mol. The maximum atomic E-state index is 11.0. The molecule has 14 heavy (non-hydrogen) atoms. The van der Waals surface area contributed by atoms with Crippen LogP contribution >= 0.6 is 0 Å². The Morgan fingerprint density at radius 2 is 2.43 bits per heavy atom. The van der Waals surface area contributed by atoms with Gasteiger partial charge in [0.25, 0.3) is 0 Å². The third-order valence-electron chi connectivity index (χ3n) is 1.49. The van der Waals surface area contributed by atoms with Crippen LogP contribution in [-0.2, 0) is 9.53 Å². The number of aromatic nitrogens is 2. The molecule has 0 fully saturated rings. The number of hydrogen-bond acceptors (Lipinski definition) is 5. The van der Waals surface area contributed by atoms with Crippen LogP contribution in [0.4, 0.5) is 5.95 Å². The summed E-state index contributed by atoms with van der Waals surface area (Å²) in [4.78, 5) is 26.2. The molecule has 1 rings (SSSR count). The molecule has 7 heteroatoms. The average molecular weight is 197 g/mol. The van der Waals surface area contributed by atoms with Gasteiger partial charge in [0.15, 0.2) is 0 Å². The summed E-state index contributed by atoms with van der Waals surface area (Å²) >= 11 is 0. The van der Waals surface area contributed by atoms with Crippen LogP contribution in [0.2, 0.25) is 0 Å². The summed E-state index contributed by atoms with van der Waals surface area (Å²) in [6.45, 7) is 3.40. The number of methoxy groups -OCH3 is 1. The average Bonchev–Trinajstić information content (AvgIpc) is 2.64. The number of esters is 1. The Hall–Kier alpha value is -2.18. The number of hydrogen-bond donors (Lipinski definition) is 1. The van der Waals surface area contributed by atoms with Crippen LogP contribution in [-0.4, -0.2) is 28.0 Å². The molecule has 74 valence electrons. The first kappa shape index (κ1) is 9.90. The van der Waals surface area contributed by atoms with Gasteiger partial charge in [0.2, 0.25) is 0 Å². The Morgan fingerprint density at radius 1 is 1.79 bits per heavy atom. The number of nitro groups is 1. The molecule has 0 aliphatic rings.